The van der Waals surface area contributed by atoms with E-state index in [-0.39, 0.29) is 52.8 Å². The van der Waals surface area contributed by atoms with Crippen molar-refractivity contribution in [2.24, 2.45) is 0 Å². The predicted molar refractivity (Wildman–Crippen MR) is 121 cm³/mol. The molecular formula is C21H33KN3O3S. The van der Waals surface area contributed by atoms with Crippen LogP contribution < -0.4 is 10.0 Å². The van der Waals surface area contributed by atoms with Gasteiger partial charge in [-0.25, -0.2) is 17.9 Å². The Labute approximate surface area is 218 Å². The third-order valence-electron chi connectivity index (χ3n) is 6.05. The second kappa shape index (κ2) is 10.9. The van der Waals surface area contributed by atoms with Gasteiger partial charge in [0.15, 0.2) is 0 Å². The second-order valence-electron chi connectivity index (χ2n) is 7.97. The van der Waals surface area contributed by atoms with Crippen molar-refractivity contribution in [3.63, 3.8) is 0 Å². The standard InChI is InChI=1S/C15H18N2O3S.C6H13N.K.H2/c1-2-21(19,20)17-15(18)16-14-12-7-3-5-10(12)9-11-6-4-8-13(11)14;1-6-4-3-5-7(6)2;;/h2,9H,1,3-8H2,(H2,16,17,18);6H,3-5H2,1-2H3;;1H/t;6-;;/m.1../s1. The normalized spacial score (nSPS) is 20.0. The summed E-state index contributed by atoms with van der Waals surface area (Å²) >= 11 is 0. The van der Waals surface area contributed by atoms with Crippen molar-refractivity contribution in [3.8, 4) is 0 Å². The molecule has 1 aliphatic heterocycles. The van der Waals surface area contributed by atoms with Crippen molar-refractivity contribution in [1.82, 2.24) is 9.62 Å². The summed E-state index contributed by atoms with van der Waals surface area (Å²) in [5.41, 5.74) is 5.74. The van der Waals surface area contributed by atoms with Crippen molar-refractivity contribution in [3.05, 3.63) is 40.3 Å². The number of benzene rings is 1. The Morgan fingerprint density at radius 2 is 1.76 bits per heavy atom. The van der Waals surface area contributed by atoms with Crippen molar-refractivity contribution < 1.29 is 14.6 Å². The van der Waals surface area contributed by atoms with Gasteiger partial charge < -0.3 is 10.2 Å². The molecule has 2 N–H and O–H groups in total. The molecule has 1 radical (unpaired) electrons. The number of fused-ring (bicyclic) bond motifs is 2. The number of hydrogen-bond donors (Lipinski definition) is 2. The fourth-order valence-corrected chi connectivity index (χ4v) is 4.75. The van der Waals surface area contributed by atoms with Crippen molar-refractivity contribution in [2.45, 2.75) is 64.3 Å². The Morgan fingerprint density at radius 1 is 1.17 bits per heavy atom. The number of anilines is 1. The number of nitrogens with zero attached hydrogens (tertiary/aromatic N) is 1. The Hall–Kier alpha value is -0.224. The number of nitrogens with one attached hydrogen (secondary N) is 2. The van der Waals surface area contributed by atoms with Gasteiger partial charge in [-0.3, -0.25) is 0 Å². The summed E-state index contributed by atoms with van der Waals surface area (Å²) in [5.74, 6) is 0. The summed E-state index contributed by atoms with van der Waals surface area (Å²) in [5, 5.41) is 3.48. The topological polar surface area (TPSA) is 78.5 Å². The van der Waals surface area contributed by atoms with E-state index >= 15 is 0 Å². The fourth-order valence-electron chi connectivity index (χ4n) is 4.35. The molecule has 2 amide bonds. The molecule has 6 nitrogen and oxygen atoms in total. The van der Waals surface area contributed by atoms with E-state index in [0.29, 0.717) is 0 Å². The third-order valence-corrected chi connectivity index (χ3v) is 6.96. The summed E-state index contributed by atoms with van der Waals surface area (Å²) in [6.07, 6.45) is 8.90. The molecule has 1 fully saturated rings. The zero-order chi connectivity index (χ0) is 20.3. The van der Waals surface area contributed by atoms with Gasteiger partial charge in [-0.15, -0.1) is 0 Å². The van der Waals surface area contributed by atoms with E-state index in [4.69, 9.17) is 0 Å². The van der Waals surface area contributed by atoms with E-state index in [0.717, 1.165) is 55.7 Å². The van der Waals surface area contributed by atoms with E-state index in [2.05, 4.69) is 36.8 Å². The molecule has 1 aromatic carbocycles. The Kier molecular flexibility index (Phi) is 9.40. The van der Waals surface area contributed by atoms with Crippen LogP contribution >= 0.6 is 0 Å². The van der Waals surface area contributed by atoms with Crippen LogP contribution in [0.15, 0.2) is 18.1 Å². The molecule has 29 heavy (non-hydrogen) atoms. The molecule has 157 valence electrons. The number of carbonyl (C=O) groups excluding carboxylic acids is 1. The van der Waals surface area contributed by atoms with Crippen LogP contribution in [0.4, 0.5) is 10.5 Å². The van der Waals surface area contributed by atoms with Crippen LogP contribution in [0, 0.1) is 0 Å². The van der Waals surface area contributed by atoms with E-state index in [1.165, 1.54) is 41.6 Å². The number of carbonyl (C=O) groups is 1. The van der Waals surface area contributed by atoms with E-state index < -0.39 is 16.1 Å². The number of hydrogen-bond acceptors (Lipinski definition) is 4. The molecule has 8 heteroatoms. The zero-order valence-corrected chi connectivity index (χ0v) is 21.8. The number of urea groups is 1. The first kappa shape index (κ1) is 25.0. The Bertz CT molecular complexity index is 836. The summed E-state index contributed by atoms with van der Waals surface area (Å²) in [6.45, 7) is 6.77. The largest absolute Gasteiger partial charge is 0.333 e. The fraction of sp³-hybridized carbons (Fsp3) is 0.571. The molecule has 0 spiro atoms. The molecule has 0 bridgehead atoms. The molecular weight excluding hydrogens is 413 g/mol. The molecule has 0 aromatic heterocycles. The van der Waals surface area contributed by atoms with Crippen molar-refractivity contribution in [2.75, 3.05) is 18.9 Å². The van der Waals surface area contributed by atoms with Crippen LogP contribution in [0.2, 0.25) is 0 Å². The van der Waals surface area contributed by atoms with Crippen LogP contribution in [0.3, 0.4) is 0 Å². The maximum Gasteiger partial charge on any atom is 0.333 e. The average molecular weight is 447 g/mol. The van der Waals surface area contributed by atoms with Crippen LogP contribution in [-0.4, -0.2) is 90.4 Å². The quantitative estimate of drug-likeness (QED) is 0.699. The molecule has 2 aliphatic carbocycles. The first-order chi connectivity index (χ1) is 13.3. The molecule has 1 aromatic rings. The summed E-state index contributed by atoms with van der Waals surface area (Å²) < 4.78 is 24.7. The van der Waals surface area contributed by atoms with Gasteiger partial charge in [0.1, 0.15) is 0 Å². The van der Waals surface area contributed by atoms with Crippen LogP contribution in [0.1, 0.15) is 56.3 Å². The zero-order valence-electron chi connectivity index (χ0n) is 17.9. The van der Waals surface area contributed by atoms with Crippen LogP contribution in [0.5, 0.6) is 0 Å². The third kappa shape index (κ3) is 6.38. The van der Waals surface area contributed by atoms with Gasteiger partial charge in [-0.1, -0.05) is 12.6 Å². The number of likely N-dealkylation sites (tertiary alicyclic amines) is 1. The van der Waals surface area contributed by atoms with Gasteiger partial charge in [0, 0.05) is 69.9 Å². The molecule has 0 unspecified atom stereocenters. The molecule has 1 saturated heterocycles. The van der Waals surface area contributed by atoms with Gasteiger partial charge in [0.25, 0.3) is 10.0 Å². The van der Waals surface area contributed by atoms with E-state index in [9.17, 15) is 13.2 Å². The minimum Gasteiger partial charge on any atom is -0.307 e. The number of aryl methyl sites for hydroxylation is 2. The number of amides is 2. The van der Waals surface area contributed by atoms with Crippen molar-refractivity contribution in [1.29, 1.82) is 0 Å². The average Bonchev–Trinajstić information content (AvgIpc) is 3.37. The summed E-state index contributed by atoms with van der Waals surface area (Å²) in [6, 6.07) is 2.39. The van der Waals surface area contributed by atoms with Gasteiger partial charge in [0.2, 0.25) is 0 Å². The van der Waals surface area contributed by atoms with Gasteiger partial charge in [-0.05, 0) is 94.1 Å². The Morgan fingerprint density at radius 3 is 2.17 bits per heavy atom. The smallest absolute Gasteiger partial charge is 0.307 e. The number of sulfonamides is 1. The van der Waals surface area contributed by atoms with Crippen molar-refractivity contribution >= 4 is 73.1 Å². The van der Waals surface area contributed by atoms with Crippen LogP contribution in [0.25, 0.3) is 0 Å². The van der Waals surface area contributed by atoms with Gasteiger partial charge >= 0.3 is 6.03 Å². The molecule has 4 rings (SSSR count). The second-order valence-corrected chi connectivity index (χ2v) is 9.60. The molecule has 1 heterocycles. The SMILES string of the molecule is C=CS(=O)(=O)NC(=O)Nc1c2c(cc3c1CCC3)CCC2.C[C@@H]1CCCN1C.[HH].[K]. The number of rotatable bonds is 3. The molecule has 3 aliphatic rings. The monoisotopic (exact) mass is 446 g/mol. The maximum absolute atomic E-state index is 11.9. The van der Waals surface area contributed by atoms with Gasteiger partial charge in [0.05, 0.1) is 0 Å². The Balaban J connectivity index is 0.000000429. The van der Waals surface area contributed by atoms with Gasteiger partial charge in [-0.2, -0.15) is 0 Å². The summed E-state index contributed by atoms with van der Waals surface area (Å²) in [4.78, 5) is 14.3. The first-order valence-electron chi connectivity index (χ1n) is 10.1. The maximum atomic E-state index is 11.9. The van der Waals surface area contributed by atoms with E-state index in [1.54, 1.807) is 0 Å². The molecule has 0 saturated carbocycles. The molecule has 1 atom stereocenters. The van der Waals surface area contributed by atoms with E-state index in [1.807, 2.05) is 4.72 Å². The first-order valence-corrected chi connectivity index (χ1v) is 11.7. The minimum absolute atomic E-state index is 0. The predicted octanol–water partition coefficient (Wildman–Crippen LogP) is 3.22. The minimum atomic E-state index is -3.77. The summed E-state index contributed by atoms with van der Waals surface area (Å²) in [7, 11) is -1.57. The van der Waals surface area contributed by atoms with Crippen LogP contribution in [-0.2, 0) is 35.7 Å².